The molecule has 1 aromatic carbocycles. The average Bonchev–Trinajstić information content (AvgIpc) is 2.89. The topological polar surface area (TPSA) is 56.9 Å². The number of hydrogen-bond donors (Lipinski definition) is 1. The second kappa shape index (κ2) is 6.28. The van der Waals surface area contributed by atoms with Gasteiger partial charge in [0.25, 0.3) is 5.91 Å². The van der Waals surface area contributed by atoms with Gasteiger partial charge in [-0.1, -0.05) is 11.6 Å². The SMILES string of the molecule is CC(O)CN1CCN(C(=O)c2cc3cc(Cl)ccc3o2)CC1. The first kappa shape index (κ1) is 15.3. The molecule has 1 amide bonds. The number of benzene rings is 1. The number of hydrogen-bond acceptors (Lipinski definition) is 4. The van der Waals surface area contributed by atoms with Crippen LogP contribution in [0.25, 0.3) is 11.0 Å². The lowest BCUT2D eigenvalue weighted by Gasteiger charge is -2.34. The number of nitrogens with zero attached hydrogens (tertiary/aromatic N) is 2. The minimum absolute atomic E-state index is 0.0935. The van der Waals surface area contributed by atoms with Crippen LogP contribution in [0.4, 0.5) is 0 Å². The number of rotatable bonds is 3. The number of piperazine rings is 1. The average molecular weight is 323 g/mol. The molecule has 6 heteroatoms. The van der Waals surface area contributed by atoms with E-state index in [-0.39, 0.29) is 12.0 Å². The molecule has 1 fully saturated rings. The van der Waals surface area contributed by atoms with Crippen molar-refractivity contribution in [1.29, 1.82) is 0 Å². The van der Waals surface area contributed by atoms with Crippen molar-refractivity contribution >= 4 is 28.5 Å². The Labute approximate surface area is 134 Å². The molecule has 1 aromatic heterocycles. The summed E-state index contributed by atoms with van der Waals surface area (Å²) in [5.41, 5.74) is 0.667. The molecule has 118 valence electrons. The fourth-order valence-corrected chi connectivity index (χ4v) is 2.96. The molecule has 1 saturated heterocycles. The van der Waals surface area contributed by atoms with Gasteiger partial charge in [-0.3, -0.25) is 9.69 Å². The largest absolute Gasteiger partial charge is 0.451 e. The van der Waals surface area contributed by atoms with Gasteiger partial charge < -0.3 is 14.4 Å². The van der Waals surface area contributed by atoms with Crippen molar-refractivity contribution in [2.45, 2.75) is 13.0 Å². The summed E-state index contributed by atoms with van der Waals surface area (Å²) in [5, 5.41) is 10.9. The number of β-amino-alcohol motifs (C(OH)–C–C–N with tert-alkyl or cyclic N) is 1. The van der Waals surface area contributed by atoms with E-state index in [0.717, 1.165) is 18.5 Å². The maximum absolute atomic E-state index is 12.5. The molecule has 1 aliphatic rings. The molecular weight excluding hydrogens is 304 g/mol. The normalized spacial score (nSPS) is 17.9. The first-order valence-electron chi connectivity index (χ1n) is 7.42. The van der Waals surface area contributed by atoms with Crippen LogP contribution < -0.4 is 0 Å². The molecule has 1 unspecified atom stereocenters. The van der Waals surface area contributed by atoms with Crippen LogP contribution >= 0.6 is 11.6 Å². The molecule has 3 rings (SSSR count). The van der Waals surface area contributed by atoms with Crippen LogP contribution in [-0.4, -0.2) is 59.6 Å². The zero-order valence-electron chi connectivity index (χ0n) is 12.5. The number of aliphatic hydroxyl groups is 1. The van der Waals surface area contributed by atoms with Crippen LogP contribution in [0.3, 0.4) is 0 Å². The molecule has 1 atom stereocenters. The summed E-state index contributed by atoms with van der Waals surface area (Å²) in [6.45, 7) is 5.24. The molecule has 1 N–H and O–H groups in total. The van der Waals surface area contributed by atoms with Crippen LogP contribution in [0, 0.1) is 0 Å². The summed E-state index contributed by atoms with van der Waals surface area (Å²) >= 11 is 5.95. The standard InChI is InChI=1S/C16H19ClN2O3/c1-11(20)10-18-4-6-19(7-5-18)16(21)15-9-12-8-13(17)2-3-14(12)22-15/h2-3,8-9,11,20H,4-7,10H2,1H3. The highest BCUT2D eigenvalue weighted by atomic mass is 35.5. The molecule has 0 spiro atoms. The lowest BCUT2D eigenvalue weighted by atomic mass is 10.2. The number of furan rings is 1. The molecule has 0 radical (unpaired) electrons. The fourth-order valence-electron chi connectivity index (χ4n) is 2.78. The Balaban J connectivity index is 1.68. The Morgan fingerprint density at radius 2 is 2.05 bits per heavy atom. The first-order valence-corrected chi connectivity index (χ1v) is 7.79. The molecule has 22 heavy (non-hydrogen) atoms. The van der Waals surface area contributed by atoms with Gasteiger partial charge in [0.15, 0.2) is 5.76 Å². The van der Waals surface area contributed by atoms with Gasteiger partial charge in [0.2, 0.25) is 0 Å². The number of fused-ring (bicyclic) bond motifs is 1. The minimum Gasteiger partial charge on any atom is -0.451 e. The van der Waals surface area contributed by atoms with E-state index in [0.29, 0.717) is 36.0 Å². The Bertz CT molecular complexity index is 675. The molecule has 1 aliphatic heterocycles. The van der Waals surface area contributed by atoms with Gasteiger partial charge in [-0.2, -0.15) is 0 Å². The first-order chi connectivity index (χ1) is 10.5. The van der Waals surface area contributed by atoms with Gasteiger partial charge >= 0.3 is 0 Å². The van der Waals surface area contributed by atoms with Crippen LogP contribution in [0.5, 0.6) is 0 Å². The maximum atomic E-state index is 12.5. The van der Waals surface area contributed by atoms with Gasteiger partial charge in [-0.15, -0.1) is 0 Å². The fraction of sp³-hybridized carbons (Fsp3) is 0.438. The summed E-state index contributed by atoms with van der Waals surface area (Å²) in [6.07, 6.45) is -0.345. The molecule has 2 heterocycles. The smallest absolute Gasteiger partial charge is 0.289 e. The van der Waals surface area contributed by atoms with Crippen molar-refractivity contribution < 1.29 is 14.3 Å². The van der Waals surface area contributed by atoms with E-state index in [9.17, 15) is 9.90 Å². The monoisotopic (exact) mass is 322 g/mol. The third-order valence-electron chi connectivity index (χ3n) is 3.87. The minimum atomic E-state index is -0.345. The van der Waals surface area contributed by atoms with E-state index in [4.69, 9.17) is 16.0 Å². The van der Waals surface area contributed by atoms with Gasteiger partial charge in [-0.05, 0) is 31.2 Å². The van der Waals surface area contributed by atoms with E-state index in [2.05, 4.69) is 4.90 Å². The predicted molar refractivity (Wildman–Crippen MR) is 85.2 cm³/mol. The molecule has 0 aliphatic carbocycles. The number of carbonyl (C=O) groups is 1. The van der Waals surface area contributed by atoms with Crippen molar-refractivity contribution in [3.05, 3.63) is 35.0 Å². The summed E-state index contributed by atoms with van der Waals surface area (Å²) in [7, 11) is 0. The van der Waals surface area contributed by atoms with E-state index in [1.54, 1.807) is 36.1 Å². The van der Waals surface area contributed by atoms with Crippen LogP contribution in [0.1, 0.15) is 17.5 Å². The van der Waals surface area contributed by atoms with Gasteiger partial charge in [0.1, 0.15) is 5.58 Å². The van der Waals surface area contributed by atoms with E-state index in [1.165, 1.54) is 0 Å². The summed E-state index contributed by atoms with van der Waals surface area (Å²) in [4.78, 5) is 16.5. The van der Waals surface area contributed by atoms with Gasteiger partial charge in [-0.25, -0.2) is 0 Å². The van der Waals surface area contributed by atoms with E-state index in [1.807, 2.05) is 0 Å². The number of amides is 1. The lowest BCUT2D eigenvalue weighted by Crippen LogP contribution is -2.50. The van der Waals surface area contributed by atoms with Gasteiger partial charge in [0.05, 0.1) is 6.10 Å². The molecule has 0 saturated carbocycles. The highest BCUT2D eigenvalue weighted by Gasteiger charge is 2.24. The summed E-state index contributed by atoms with van der Waals surface area (Å²) in [5.74, 6) is 0.255. The lowest BCUT2D eigenvalue weighted by molar-refractivity contribution is 0.0530. The third kappa shape index (κ3) is 3.27. The predicted octanol–water partition coefficient (Wildman–Crippen LogP) is 2.22. The quantitative estimate of drug-likeness (QED) is 0.941. The Kier molecular flexibility index (Phi) is 4.38. The van der Waals surface area contributed by atoms with E-state index < -0.39 is 0 Å². The van der Waals surface area contributed by atoms with Crippen LogP contribution in [-0.2, 0) is 0 Å². The number of carbonyl (C=O) groups excluding carboxylic acids is 1. The van der Waals surface area contributed by atoms with Crippen molar-refractivity contribution in [1.82, 2.24) is 9.80 Å². The molecule has 2 aromatic rings. The Morgan fingerprint density at radius 1 is 1.32 bits per heavy atom. The zero-order valence-corrected chi connectivity index (χ0v) is 13.2. The molecular formula is C16H19ClN2O3. The van der Waals surface area contributed by atoms with Crippen molar-refractivity contribution in [2.24, 2.45) is 0 Å². The number of halogens is 1. The maximum Gasteiger partial charge on any atom is 0.289 e. The highest BCUT2D eigenvalue weighted by Crippen LogP contribution is 2.24. The highest BCUT2D eigenvalue weighted by molar-refractivity contribution is 6.31. The van der Waals surface area contributed by atoms with Crippen LogP contribution in [0.2, 0.25) is 5.02 Å². The molecule has 0 bridgehead atoms. The summed E-state index contributed by atoms with van der Waals surface area (Å²) < 4.78 is 5.63. The number of aliphatic hydroxyl groups excluding tert-OH is 1. The van der Waals surface area contributed by atoms with Crippen molar-refractivity contribution in [2.75, 3.05) is 32.7 Å². The van der Waals surface area contributed by atoms with Gasteiger partial charge in [0, 0.05) is 43.1 Å². The van der Waals surface area contributed by atoms with Crippen LogP contribution in [0.15, 0.2) is 28.7 Å². The molecule has 5 nitrogen and oxygen atoms in total. The zero-order chi connectivity index (χ0) is 15.7. The van der Waals surface area contributed by atoms with E-state index >= 15 is 0 Å². The second-order valence-corrected chi connectivity index (χ2v) is 6.17. The van der Waals surface area contributed by atoms with Crippen molar-refractivity contribution in [3.8, 4) is 0 Å². The summed E-state index contributed by atoms with van der Waals surface area (Å²) in [6, 6.07) is 7.05. The third-order valence-corrected chi connectivity index (χ3v) is 4.11. The van der Waals surface area contributed by atoms with Crippen molar-refractivity contribution in [3.63, 3.8) is 0 Å². The Hall–Kier alpha value is -1.56. The Morgan fingerprint density at radius 3 is 2.73 bits per heavy atom. The second-order valence-electron chi connectivity index (χ2n) is 5.73.